The molecule has 0 saturated carbocycles. The van der Waals surface area contributed by atoms with Gasteiger partial charge in [0, 0.05) is 28.8 Å². The van der Waals surface area contributed by atoms with Crippen LogP contribution in [0.5, 0.6) is 5.75 Å². The number of carbonyl (C=O) groups excluding carboxylic acids is 1. The average Bonchev–Trinajstić information content (AvgIpc) is 3.03. The van der Waals surface area contributed by atoms with Crippen LogP contribution in [-0.2, 0) is 11.8 Å². The molecule has 0 aliphatic heterocycles. The Bertz CT molecular complexity index is 1030. The molecule has 0 radical (unpaired) electrons. The molecule has 1 unspecified atom stereocenters. The Kier molecular flexibility index (Phi) is 7.29. The van der Waals surface area contributed by atoms with Crippen molar-refractivity contribution in [3.63, 3.8) is 0 Å². The van der Waals surface area contributed by atoms with Gasteiger partial charge in [0.15, 0.2) is 17.1 Å². The lowest BCUT2D eigenvalue weighted by molar-refractivity contribution is -0.113. The summed E-state index contributed by atoms with van der Waals surface area (Å²) >= 11 is 19.3. The van der Waals surface area contributed by atoms with E-state index in [0.29, 0.717) is 37.5 Å². The lowest BCUT2D eigenvalue weighted by Crippen LogP contribution is -2.14. The van der Waals surface area contributed by atoms with Gasteiger partial charge in [-0.05, 0) is 37.3 Å². The SMILES string of the molecule is CC(Oc1cc(Cl)ccc1Cl)c1nnc(SCC(=O)Nc2cccc(Cl)c2)n1C. The molecule has 0 bridgehead atoms. The second kappa shape index (κ2) is 9.71. The van der Waals surface area contributed by atoms with E-state index in [1.165, 1.54) is 11.8 Å². The van der Waals surface area contributed by atoms with Gasteiger partial charge in [0.25, 0.3) is 0 Å². The highest BCUT2D eigenvalue weighted by molar-refractivity contribution is 7.99. The van der Waals surface area contributed by atoms with Crippen LogP contribution in [0.2, 0.25) is 15.1 Å². The first kappa shape index (κ1) is 21.8. The molecule has 3 aromatic rings. The van der Waals surface area contributed by atoms with Gasteiger partial charge >= 0.3 is 0 Å². The van der Waals surface area contributed by atoms with Crippen LogP contribution >= 0.6 is 46.6 Å². The van der Waals surface area contributed by atoms with Crippen LogP contribution in [0, 0.1) is 0 Å². The van der Waals surface area contributed by atoms with Gasteiger partial charge in [0.2, 0.25) is 5.91 Å². The Morgan fingerprint density at radius 2 is 1.93 bits per heavy atom. The summed E-state index contributed by atoms with van der Waals surface area (Å²) in [6.45, 7) is 1.83. The molecule has 3 rings (SSSR count). The van der Waals surface area contributed by atoms with Crippen LogP contribution in [0.3, 0.4) is 0 Å². The van der Waals surface area contributed by atoms with Gasteiger partial charge in [-0.3, -0.25) is 4.79 Å². The number of hydrogen-bond donors (Lipinski definition) is 1. The Balaban J connectivity index is 1.61. The third-order valence-corrected chi connectivity index (χ3v) is 5.67. The molecule has 1 N–H and O–H groups in total. The zero-order valence-corrected chi connectivity index (χ0v) is 18.6. The Labute approximate surface area is 187 Å². The van der Waals surface area contributed by atoms with Crippen molar-refractivity contribution in [2.45, 2.75) is 18.2 Å². The van der Waals surface area contributed by atoms with Crippen molar-refractivity contribution in [2.24, 2.45) is 7.05 Å². The smallest absolute Gasteiger partial charge is 0.234 e. The molecule has 152 valence electrons. The summed E-state index contributed by atoms with van der Waals surface area (Å²) in [5.41, 5.74) is 0.641. The number of hydrogen-bond acceptors (Lipinski definition) is 5. The fraction of sp³-hybridized carbons (Fsp3) is 0.211. The minimum atomic E-state index is -0.418. The van der Waals surface area contributed by atoms with E-state index >= 15 is 0 Å². The second-order valence-electron chi connectivity index (χ2n) is 6.08. The third-order valence-electron chi connectivity index (χ3n) is 3.87. The largest absolute Gasteiger partial charge is 0.481 e. The number of nitrogens with one attached hydrogen (secondary N) is 1. The maximum atomic E-state index is 12.2. The molecule has 1 aromatic heterocycles. The van der Waals surface area contributed by atoms with E-state index in [9.17, 15) is 4.79 Å². The van der Waals surface area contributed by atoms with Crippen molar-refractivity contribution in [2.75, 3.05) is 11.1 Å². The number of rotatable bonds is 7. The van der Waals surface area contributed by atoms with Crippen molar-refractivity contribution in [3.05, 3.63) is 63.4 Å². The summed E-state index contributed by atoms with van der Waals surface area (Å²) in [5.74, 6) is 1.06. The number of anilines is 1. The first-order valence-electron chi connectivity index (χ1n) is 8.52. The highest BCUT2D eigenvalue weighted by atomic mass is 35.5. The summed E-state index contributed by atoms with van der Waals surface area (Å²) in [7, 11) is 1.81. The average molecular weight is 472 g/mol. The maximum Gasteiger partial charge on any atom is 0.234 e. The second-order valence-corrected chi connectivity index (χ2v) is 8.30. The molecule has 0 aliphatic rings. The lowest BCUT2D eigenvalue weighted by atomic mass is 10.3. The molecular formula is C19H17Cl3N4O2S. The molecule has 0 saturated heterocycles. The van der Waals surface area contributed by atoms with E-state index < -0.39 is 6.10 Å². The molecule has 29 heavy (non-hydrogen) atoms. The number of amides is 1. The monoisotopic (exact) mass is 470 g/mol. The number of carbonyl (C=O) groups is 1. The fourth-order valence-electron chi connectivity index (χ4n) is 2.51. The number of aromatic nitrogens is 3. The number of halogens is 3. The molecule has 10 heteroatoms. The minimum Gasteiger partial charge on any atom is -0.481 e. The van der Waals surface area contributed by atoms with E-state index in [2.05, 4.69) is 15.5 Å². The Morgan fingerprint density at radius 3 is 2.69 bits per heavy atom. The maximum absolute atomic E-state index is 12.2. The summed E-state index contributed by atoms with van der Waals surface area (Å²) in [5, 5.41) is 13.2. The van der Waals surface area contributed by atoms with Crippen LogP contribution in [0.4, 0.5) is 5.69 Å². The fourth-order valence-corrected chi connectivity index (χ4v) is 3.74. The van der Waals surface area contributed by atoms with E-state index in [4.69, 9.17) is 39.5 Å². The number of benzene rings is 2. The van der Waals surface area contributed by atoms with Gasteiger partial charge in [0.05, 0.1) is 10.8 Å². The van der Waals surface area contributed by atoms with Crippen molar-refractivity contribution >= 4 is 58.2 Å². The predicted octanol–water partition coefficient (Wildman–Crippen LogP) is 5.65. The van der Waals surface area contributed by atoms with E-state index in [-0.39, 0.29) is 11.7 Å². The Morgan fingerprint density at radius 1 is 1.17 bits per heavy atom. The summed E-state index contributed by atoms with van der Waals surface area (Å²) < 4.78 is 7.66. The van der Waals surface area contributed by atoms with Crippen LogP contribution in [0.1, 0.15) is 18.9 Å². The van der Waals surface area contributed by atoms with Crippen LogP contribution < -0.4 is 10.1 Å². The summed E-state index contributed by atoms with van der Waals surface area (Å²) in [6.07, 6.45) is -0.418. The van der Waals surface area contributed by atoms with Crippen molar-refractivity contribution < 1.29 is 9.53 Å². The Hall–Kier alpha value is -1.93. The quantitative estimate of drug-likeness (QED) is 0.451. The van der Waals surface area contributed by atoms with Gasteiger partial charge in [-0.1, -0.05) is 52.6 Å². The highest BCUT2D eigenvalue weighted by Crippen LogP contribution is 2.31. The first-order chi connectivity index (χ1) is 13.8. The summed E-state index contributed by atoms with van der Waals surface area (Å²) in [4.78, 5) is 12.2. The van der Waals surface area contributed by atoms with Gasteiger partial charge < -0.3 is 14.6 Å². The molecule has 0 aliphatic carbocycles. The van der Waals surface area contributed by atoms with Crippen LogP contribution in [-0.4, -0.2) is 26.4 Å². The minimum absolute atomic E-state index is 0.170. The topological polar surface area (TPSA) is 69.0 Å². The number of nitrogens with zero attached hydrogens (tertiary/aromatic N) is 3. The highest BCUT2D eigenvalue weighted by Gasteiger charge is 2.19. The standard InChI is InChI=1S/C19H17Cl3N4O2S/c1-11(28-16-9-13(21)6-7-15(16)22)18-24-25-19(26(18)2)29-10-17(27)23-14-5-3-4-12(20)8-14/h3-9,11H,10H2,1-2H3,(H,23,27). The van der Waals surface area contributed by atoms with Gasteiger partial charge in [-0.25, -0.2) is 0 Å². The van der Waals surface area contributed by atoms with Gasteiger partial charge in [-0.15, -0.1) is 10.2 Å². The molecule has 1 heterocycles. The molecule has 1 atom stereocenters. The van der Waals surface area contributed by atoms with E-state index in [1.807, 2.05) is 14.0 Å². The van der Waals surface area contributed by atoms with Crippen LogP contribution in [0.25, 0.3) is 0 Å². The number of ether oxygens (including phenoxy) is 1. The zero-order chi connectivity index (χ0) is 21.0. The zero-order valence-electron chi connectivity index (χ0n) is 15.5. The van der Waals surface area contributed by atoms with E-state index in [1.54, 1.807) is 47.0 Å². The molecule has 0 spiro atoms. The van der Waals surface area contributed by atoms with Crippen LogP contribution in [0.15, 0.2) is 47.6 Å². The predicted molar refractivity (Wildman–Crippen MR) is 117 cm³/mol. The summed E-state index contributed by atoms with van der Waals surface area (Å²) in [6, 6.07) is 12.0. The van der Waals surface area contributed by atoms with E-state index in [0.717, 1.165) is 0 Å². The number of thioether (sulfide) groups is 1. The lowest BCUT2D eigenvalue weighted by Gasteiger charge is -2.15. The molecule has 0 fully saturated rings. The molecule has 1 amide bonds. The van der Waals surface area contributed by atoms with Crippen molar-refractivity contribution in [3.8, 4) is 5.75 Å². The molecule has 2 aromatic carbocycles. The van der Waals surface area contributed by atoms with Gasteiger partial charge in [0.1, 0.15) is 5.75 Å². The van der Waals surface area contributed by atoms with Gasteiger partial charge in [-0.2, -0.15) is 0 Å². The normalized spacial score (nSPS) is 11.9. The molecular weight excluding hydrogens is 455 g/mol. The van der Waals surface area contributed by atoms with Crippen molar-refractivity contribution in [1.82, 2.24) is 14.8 Å². The van der Waals surface area contributed by atoms with Crippen molar-refractivity contribution in [1.29, 1.82) is 0 Å². The molecule has 6 nitrogen and oxygen atoms in total. The third kappa shape index (κ3) is 5.79. The first-order valence-corrected chi connectivity index (χ1v) is 10.6.